The fraction of sp³-hybridized carbons (Fsp3) is 1.00. The van der Waals surface area contributed by atoms with Gasteiger partial charge in [0.2, 0.25) is 0 Å². The van der Waals surface area contributed by atoms with Crippen molar-refractivity contribution in [3.8, 4) is 0 Å². The van der Waals surface area contributed by atoms with Crippen LogP contribution in [0.5, 0.6) is 0 Å². The molecule has 0 aromatic heterocycles. The van der Waals surface area contributed by atoms with Crippen LogP contribution in [0.25, 0.3) is 0 Å². The van der Waals surface area contributed by atoms with Gasteiger partial charge in [0.15, 0.2) is 0 Å². The van der Waals surface area contributed by atoms with Crippen molar-refractivity contribution in [1.29, 1.82) is 0 Å². The van der Waals surface area contributed by atoms with Gasteiger partial charge in [0.1, 0.15) is 0 Å². The molecule has 4 nitrogen and oxygen atoms in total. The molecule has 0 spiro atoms. The summed E-state index contributed by atoms with van der Waals surface area (Å²) in [7, 11) is 0.0911. The van der Waals surface area contributed by atoms with Gasteiger partial charge in [-0.15, -0.1) is 0 Å². The Kier molecular flexibility index (Phi) is 2.22. The van der Waals surface area contributed by atoms with Gasteiger partial charge in [-0.25, -0.2) is 0 Å². The van der Waals surface area contributed by atoms with E-state index in [1.165, 1.54) is 8.61 Å². The minimum absolute atomic E-state index is 0.0504. The Hall–Kier alpha value is -0.130. The molecule has 0 radical (unpaired) electrons. The first-order valence-corrected chi connectivity index (χ1v) is 5.33. The van der Waals surface area contributed by atoms with Crippen molar-refractivity contribution in [2.45, 2.75) is 13.8 Å². The lowest BCUT2D eigenvalue weighted by atomic mass is 9.93. The van der Waals surface area contributed by atoms with Gasteiger partial charge < -0.3 is 0 Å². The molecule has 12 heavy (non-hydrogen) atoms. The van der Waals surface area contributed by atoms with Crippen LogP contribution < -0.4 is 0 Å². The van der Waals surface area contributed by atoms with Crippen LogP contribution in [0.1, 0.15) is 13.8 Å². The molecule has 0 N–H and O–H groups in total. The van der Waals surface area contributed by atoms with Crippen LogP contribution in [0.4, 0.5) is 0 Å². The molecular formula is C7H16N2O2S. The topological polar surface area (TPSA) is 40.6 Å². The Balaban J connectivity index is 2.93. The lowest BCUT2D eigenvalue weighted by molar-refractivity contribution is 0.189. The molecule has 0 aliphatic carbocycles. The third-order valence-corrected chi connectivity index (χ3v) is 3.92. The summed E-state index contributed by atoms with van der Waals surface area (Å²) in [6, 6.07) is 0. The van der Waals surface area contributed by atoms with Gasteiger partial charge >= 0.3 is 0 Å². The van der Waals surface area contributed by atoms with Crippen LogP contribution in [0.3, 0.4) is 0 Å². The van der Waals surface area contributed by atoms with E-state index in [1.807, 2.05) is 0 Å². The maximum absolute atomic E-state index is 11.5. The summed E-state index contributed by atoms with van der Waals surface area (Å²) in [4.78, 5) is 0. The van der Waals surface area contributed by atoms with Gasteiger partial charge in [0, 0.05) is 27.2 Å². The van der Waals surface area contributed by atoms with Crippen molar-refractivity contribution >= 4 is 10.2 Å². The first-order valence-electron chi connectivity index (χ1n) is 3.93. The van der Waals surface area contributed by atoms with E-state index in [-0.39, 0.29) is 5.41 Å². The summed E-state index contributed by atoms with van der Waals surface area (Å²) in [5.41, 5.74) is 0.0504. The number of rotatable bonds is 0. The van der Waals surface area contributed by atoms with Gasteiger partial charge in [-0.1, -0.05) is 13.8 Å². The molecular weight excluding hydrogens is 176 g/mol. The van der Waals surface area contributed by atoms with Crippen molar-refractivity contribution < 1.29 is 8.42 Å². The molecule has 5 heteroatoms. The van der Waals surface area contributed by atoms with Crippen LogP contribution in [-0.4, -0.2) is 44.2 Å². The summed E-state index contributed by atoms with van der Waals surface area (Å²) in [6.07, 6.45) is 0. The Bertz CT molecular complexity index is 251. The van der Waals surface area contributed by atoms with Gasteiger partial charge in [-0.05, 0) is 5.41 Å². The molecule has 1 fully saturated rings. The summed E-state index contributed by atoms with van der Waals surface area (Å²) >= 11 is 0. The van der Waals surface area contributed by atoms with E-state index >= 15 is 0 Å². The lowest BCUT2D eigenvalue weighted by Crippen LogP contribution is -2.53. The maximum atomic E-state index is 11.5. The first kappa shape index (κ1) is 9.95. The Morgan fingerprint density at radius 1 is 1.08 bits per heavy atom. The van der Waals surface area contributed by atoms with Crippen LogP contribution in [0, 0.1) is 5.41 Å². The van der Waals surface area contributed by atoms with Gasteiger partial charge in [-0.3, -0.25) is 0 Å². The normalized spacial score (nSPS) is 30.3. The highest BCUT2D eigenvalue weighted by Gasteiger charge is 2.37. The maximum Gasteiger partial charge on any atom is 0.281 e. The van der Waals surface area contributed by atoms with E-state index < -0.39 is 10.2 Å². The summed E-state index contributed by atoms with van der Waals surface area (Å²) in [6.45, 7) is 5.32. The van der Waals surface area contributed by atoms with Gasteiger partial charge in [0.25, 0.3) is 10.2 Å². The van der Waals surface area contributed by atoms with E-state index in [9.17, 15) is 8.42 Å². The van der Waals surface area contributed by atoms with Crippen molar-refractivity contribution in [2.75, 3.05) is 27.2 Å². The smallest absolute Gasteiger partial charge is 0.195 e. The minimum Gasteiger partial charge on any atom is -0.195 e. The van der Waals surface area contributed by atoms with Crippen LogP contribution in [0.15, 0.2) is 0 Å². The second-order valence-corrected chi connectivity index (χ2v) is 6.33. The number of nitrogens with zero attached hydrogens (tertiary/aromatic N) is 2. The Morgan fingerprint density at radius 2 is 1.42 bits per heavy atom. The molecule has 0 atom stereocenters. The zero-order chi connectivity index (χ0) is 9.57. The highest BCUT2D eigenvalue weighted by molar-refractivity contribution is 7.86. The third-order valence-electron chi connectivity index (χ3n) is 2.09. The van der Waals surface area contributed by atoms with Crippen molar-refractivity contribution in [1.82, 2.24) is 8.61 Å². The fourth-order valence-electron chi connectivity index (χ4n) is 1.66. The Morgan fingerprint density at radius 3 is 1.75 bits per heavy atom. The average Bonchev–Trinajstić information content (AvgIpc) is 1.82. The minimum atomic E-state index is -3.14. The van der Waals surface area contributed by atoms with Crippen LogP contribution >= 0.6 is 0 Å². The highest BCUT2D eigenvalue weighted by Crippen LogP contribution is 2.26. The van der Waals surface area contributed by atoms with Crippen LogP contribution in [-0.2, 0) is 10.2 Å². The molecule has 1 aliphatic rings. The SMILES string of the molecule is CN1CC(C)(C)CN(C)S1(=O)=O. The standard InChI is InChI=1S/C7H16N2O2S/c1-7(2)5-8(3)12(10,11)9(4)6-7/h5-6H2,1-4H3. The lowest BCUT2D eigenvalue weighted by Gasteiger charge is -2.40. The van der Waals surface area contributed by atoms with Crippen molar-refractivity contribution in [2.24, 2.45) is 5.41 Å². The molecule has 1 saturated heterocycles. The van der Waals surface area contributed by atoms with Crippen molar-refractivity contribution in [3.05, 3.63) is 0 Å². The average molecular weight is 192 g/mol. The van der Waals surface area contributed by atoms with E-state index in [2.05, 4.69) is 13.8 Å². The van der Waals surface area contributed by atoms with Crippen LogP contribution in [0.2, 0.25) is 0 Å². The van der Waals surface area contributed by atoms with Crippen molar-refractivity contribution in [3.63, 3.8) is 0 Å². The molecule has 0 aromatic rings. The largest absolute Gasteiger partial charge is 0.281 e. The molecule has 72 valence electrons. The molecule has 1 rings (SSSR count). The summed E-state index contributed by atoms with van der Waals surface area (Å²) in [5.74, 6) is 0. The predicted octanol–water partition coefficient (Wildman–Crippen LogP) is 0.135. The molecule has 1 heterocycles. The summed E-state index contributed by atoms with van der Waals surface area (Å²) < 4.78 is 25.7. The Labute approximate surface area is 74.3 Å². The predicted molar refractivity (Wildman–Crippen MR) is 48.0 cm³/mol. The number of hydrogen-bond donors (Lipinski definition) is 0. The second-order valence-electron chi connectivity index (χ2n) is 4.18. The van der Waals surface area contributed by atoms with E-state index in [4.69, 9.17) is 0 Å². The third kappa shape index (κ3) is 1.62. The summed E-state index contributed by atoms with van der Waals surface area (Å²) in [5, 5.41) is 0. The van der Waals surface area contributed by atoms with E-state index in [1.54, 1.807) is 14.1 Å². The molecule has 0 unspecified atom stereocenters. The van der Waals surface area contributed by atoms with E-state index in [0.29, 0.717) is 13.1 Å². The second kappa shape index (κ2) is 2.68. The quantitative estimate of drug-likeness (QED) is 0.547. The molecule has 1 aliphatic heterocycles. The molecule has 0 bridgehead atoms. The van der Waals surface area contributed by atoms with Gasteiger partial charge in [-0.2, -0.15) is 17.0 Å². The monoisotopic (exact) mass is 192 g/mol. The zero-order valence-electron chi connectivity index (χ0n) is 8.03. The van der Waals surface area contributed by atoms with Gasteiger partial charge in [0.05, 0.1) is 0 Å². The first-order chi connectivity index (χ1) is 5.26. The highest BCUT2D eigenvalue weighted by atomic mass is 32.2. The molecule has 0 saturated carbocycles. The number of hydrogen-bond acceptors (Lipinski definition) is 2. The van der Waals surface area contributed by atoms with E-state index in [0.717, 1.165) is 0 Å². The molecule has 0 amide bonds. The fourth-order valence-corrected chi connectivity index (χ4v) is 3.16. The zero-order valence-corrected chi connectivity index (χ0v) is 8.85. The molecule has 0 aromatic carbocycles.